The van der Waals surface area contributed by atoms with Crippen LogP contribution in [-0.4, -0.2) is 4.98 Å². The van der Waals surface area contributed by atoms with E-state index in [1.807, 2.05) is 0 Å². The summed E-state index contributed by atoms with van der Waals surface area (Å²) in [5.41, 5.74) is 0.888. The van der Waals surface area contributed by atoms with Crippen LogP contribution in [0.5, 0.6) is 0 Å². The van der Waals surface area contributed by atoms with E-state index in [4.69, 9.17) is 0 Å². The maximum absolute atomic E-state index is 13.9. The molecule has 122 valence electrons. The molecule has 0 saturated carbocycles. The fourth-order valence-electron chi connectivity index (χ4n) is 2.49. The molecule has 3 aromatic rings. The van der Waals surface area contributed by atoms with Gasteiger partial charge >= 0.3 is 0 Å². The molecule has 0 saturated heterocycles. The van der Waals surface area contributed by atoms with Gasteiger partial charge in [-0.1, -0.05) is 24.3 Å². The van der Waals surface area contributed by atoms with Crippen molar-refractivity contribution in [3.05, 3.63) is 77.2 Å². The van der Waals surface area contributed by atoms with Crippen LogP contribution in [0, 0.1) is 36.0 Å². The van der Waals surface area contributed by atoms with Crippen molar-refractivity contribution in [2.45, 2.75) is 6.92 Å². The van der Waals surface area contributed by atoms with Gasteiger partial charge in [-0.3, -0.25) is 4.98 Å². The minimum Gasteiger partial charge on any atom is -0.256 e. The average Bonchev–Trinajstić information content (AvgIpc) is 2.59. The van der Waals surface area contributed by atoms with E-state index in [0.717, 1.165) is 0 Å². The highest BCUT2D eigenvalue weighted by Crippen LogP contribution is 2.33. The van der Waals surface area contributed by atoms with Crippen molar-refractivity contribution in [3.8, 4) is 22.4 Å². The summed E-state index contributed by atoms with van der Waals surface area (Å²) in [4.78, 5) is 4.17. The molecule has 0 unspecified atom stereocenters. The Hall–Kier alpha value is -2.76. The molecule has 0 atom stereocenters. The van der Waals surface area contributed by atoms with E-state index in [1.165, 1.54) is 18.2 Å². The van der Waals surface area contributed by atoms with Gasteiger partial charge in [0.1, 0.15) is 0 Å². The molecule has 0 radical (unpaired) electrons. The molecule has 0 amide bonds. The zero-order chi connectivity index (χ0) is 17.4. The minimum atomic E-state index is -2.17. The van der Waals surface area contributed by atoms with Gasteiger partial charge in [0.05, 0.1) is 11.3 Å². The molecule has 1 heterocycles. The van der Waals surface area contributed by atoms with Crippen molar-refractivity contribution >= 4 is 0 Å². The molecule has 24 heavy (non-hydrogen) atoms. The molecule has 1 aromatic heterocycles. The fraction of sp³-hybridized carbons (Fsp3) is 0.0556. The van der Waals surface area contributed by atoms with Crippen LogP contribution in [0.1, 0.15) is 5.56 Å². The minimum absolute atomic E-state index is 0.0972. The highest BCUT2D eigenvalue weighted by molar-refractivity contribution is 5.72. The number of hydrogen-bond acceptors (Lipinski definition) is 1. The summed E-state index contributed by atoms with van der Waals surface area (Å²) in [6.07, 6.45) is 1.59. The Balaban J connectivity index is 2.18. The first-order valence-corrected chi connectivity index (χ1v) is 6.95. The molecular weight excluding hydrogens is 325 g/mol. The van der Waals surface area contributed by atoms with Crippen LogP contribution in [0.3, 0.4) is 0 Å². The molecule has 0 bridgehead atoms. The van der Waals surface area contributed by atoms with Gasteiger partial charge in [-0.25, -0.2) is 22.0 Å². The molecule has 6 heteroatoms. The van der Waals surface area contributed by atoms with Crippen LogP contribution in [0.2, 0.25) is 0 Å². The summed E-state index contributed by atoms with van der Waals surface area (Å²) in [6.45, 7) is 1.67. The third-order valence-electron chi connectivity index (χ3n) is 3.67. The largest absolute Gasteiger partial charge is 0.256 e. The van der Waals surface area contributed by atoms with Gasteiger partial charge in [0.2, 0.25) is 5.82 Å². The summed E-state index contributed by atoms with van der Waals surface area (Å²) in [7, 11) is 0. The number of halogens is 5. The van der Waals surface area contributed by atoms with Crippen LogP contribution < -0.4 is 0 Å². The Morgan fingerprint density at radius 2 is 1.38 bits per heavy atom. The molecule has 0 spiro atoms. The molecule has 1 nitrogen and oxygen atoms in total. The van der Waals surface area contributed by atoms with Crippen molar-refractivity contribution in [2.75, 3.05) is 0 Å². The molecule has 0 fully saturated rings. The summed E-state index contributed by atoms with van der Waals surface area (Å²) >= 11 is 0. The van der Waals surface area contributed by atoms with E-state index in [2.05, 4.69) is 4.98 Å². The van der Waals surface area contributed by atoms with Gasteiger partial charge in [-0.15, -0.1) is 0 Å². The quantitative estimate of drug-likeness (QED) is 0.346. The molecular formula is C18H10F5N. The number of benzene rings is 2. The summed E-state index contributed by atoms with van der Waals surface area (Å²) in [5.74, 6) is -9.80. The average molecular weight is 335 g/mol. The van der Waals surface area contributed by atoms with Crippen LogP contribution in [0.4, 0.5) is 22.0 Å². The Morgan fingerprint density at radius 1 is 0.750 bits per heavy atom. The van der Waals surface area contributed by atoms with E-state index in [9.17, 15) is 22.0 Å². The third kappa shape index (κ3) is 2.54. The second kappa shape index (κ2) is 6.03. The van der Waals surface area contributed by atoms with E-state index in [0.29, 0.717) is 16.8 Å². The molecule has 0 N–H and O–H groups in total. The zero-order valence-electron chi connectivity index (χ0n) is 12.4. The van der Waals surface area contributed by atoms with Gasteiger partial charge < -0.3 is 0 Å². The van der Waals surface area contributed by atoms with E-state index < -0.39 is 34.6 Å². The van der Waals surface area contributed by atoms with Crippen molar-refractivity contribution < 1.29 is 22.0 Å². The number of hydrogen-bond donors (Lipinski definition) is 0. The Bertz CT molecular complexity index is 893. The lowest BCUT2D eigenvalue weighted by atomic mass is 9.97. The number of pyridine rings is 1. The van der Waals surface area contributed by atoms with Crippen molar-refractivity contribution in [1.29, 1.82) is 0 Å². The van der Waals surface area contributed by atoms with Gasteiger partial charge in [-0.2, -0.15) is 0 Å². The lowest BCUT2D eigenvalue weighted by Gasteiger charge is -2.11. The van der Waals surface area contributed by atoms with Crippen molar-refractivity contribution in [3.63, 3.8) is 0 Å². The fourth-order valence-corrected chi connectivity index (χ4v) is 2.49. The first-order valence-electron chi connectivity index (χ1n) is 6.95. The van der Waals surface area contributed by atoms with Crippen LogP contribution in [0.25, 0.3) is 22.4 Å². The second-order valence-corrected chi connectivity index (χ2v) is 5.19. The first-order chi connectivity index (χ1) is 11.4. The van der Waals surface area contributed by atoms with Crippen LogP contribution in [0.15, 0.2) is 42.6 Å². The zero-order valence-corrected chi connectivity index (χ0v) is 12.4. The maximum Gasteiger partial charge on any atom is 0.200 e. The monoisotopic (exact) mass is 335 g/mol. The van der Waals surface area contributed by atoms with Crippen molar-refractivity contribution in [1.82, 2.24) is 4.98 Å². The van der Waals surface area contributed by atoms with Gasteiger partial charge in [0, 0.05) is 11.8 Å². The summed E-state index contributed by atoms with van der Waals surface area (Å²) in [5, 5.41) is 0. The maximum atomic E-state index is 13.9. The highest BCUT2D eigenvalue weighted by atomic mass is 19.2. The lowest BCUT2D eigenvalue weighted by molar-refractivity contribution is 0.381. The molecule has 0 aliphatic heterocycles. The predicted octanol–water partition coefficient (Wildman–Crippen LogP) is 5.42. The summed E-state index contributed by atoms with van der Waals surface area (Å²) < 4.78 is 67.7. The van der Waals surface area contributed by atoms with Gasteiger partial charge in [0.15, 0.2) is 23.3 Å². The van der Waals surface area contributed by atoms with Gasteiger partial charge in [0.25, 0.3) is 0 Å². The van der Waals surface area contributed by atoms with E-state index in [-0.39, 0.29) is 5.56 Å². The topological polar surface area (TPSA) is 12.9 Å². The third-order valence-corrected chi connectivity index (χ3v) is 3.67. The Morgan fingerprint density at radius 3 is 1.92 bits per heavy atom. The van der Waals surface area contributed by atoms with Gasteiger partial charge in [-0.05, 0) is 30.2 Å². The Labute approximate surface area is 134 Å². The lowest BCUT2D eigenvalue weighted by Crippen LogP contribution is -2.04. The molecule has 2 aromatic carbocycles. The molecule has 3 rings (SSSR count). The van der Waals surface area contributed by atoms with Crippen LogP contribution in [-0.2, 0) is 0 Å². The van der Waals surface area contributed by atoms with E-state index in [1.54, 1.807) is 31.3 Å². The number of rotatable bonds is 2. The number of aryl methyl sites for hydroxylation is 1. The first kappa shape index (κ1) is 16.1. The molecule has 0 aliphatic rings. The molecule has 0 aliphatic carbocycles. The smallest absolute Gasteiger partial charge is 0.200 e. The van der Waals surface area contributed by atoms with Crippen LogP contribution >= 0.6 is 0 Å². The highest BCUT2D eigenvalue weighted by Gasteiger charge is 2.26. The van der Waals surface area contributed by atoms with Crippen molar-refractivity contribution in [2.24, 2.45) is 0 Å². The number of nitrogens with zero attached hydrogens (tertiary/aromatic N) is 1. The summed E-state index contributed by atoms with van der Waals surface area (Å²) in [6, 6.07) is 9.46. The standard InChI is InChI=1S/C18H10F5N/c1-9-8-10(5-6-11(9)12-4-2-3-7-24-12)13-14(19)16(21)18(23)17(22)15(13)20/h2-8H,1H3. The predicted molar refractivity (Wildman–Crippen MR) is 79.6 cm³/mol. The SMILES string of the molecule is Cc1cc(-c2c(F)c(F)c(F)c(F)c2F)ccc1-c1ccccn1. The normalized spacial score (nSPS) is 10.9. The van der Waals surface area contributed by atoms with E-state index >= 15 is 0 Å². The second-order valence-electron chi connectivity index (χ2n) is 5.19. The Kier molecular flexibility index (Phi) is 4.05. The number of aromatic nitrogens is 1.